The van der Waals surface area contributed by atoms with Crippen LogP contribution in [0.1, 0.15) is 31.0 Å². The Labute approximate surface area is 87.3 Å². The number of hydrogen-bond donors (Lipinski definition) is 0. The highest BCUT2D eigenvalue weighted by molar-refractivity contribution is 5.82. The van der Waals surface area contributed by atoms with Gasteiger partial charge < -0.3 is 0 Å². The van der Waals surface area contributed by atoms with E-state index in [4.69, 9.17) is 0 Å². The number of rotatable bonds is 3. The second kappa shape index (κ2) is 4.16. The Kier molecular flexibility index (Phi) is 3.14. The molecule has 1 atom stereocenters. The van der Waals surface area contributed by atoms with Gasteiger partial charge in [0.25, 0.3) is 5.69 Å². The van der Waals surface area contributed by atoms with Gasteiger partial charge in [-0.15, -0.1) is 0 Å². The molecule has 0 bridgehead atoms. The van der Waals surface area contributed by atoms with E-state index < -0.39 is 4.92 Å². The molecule has 1 heterocycles. The lowest BCUT2D eigenvalue weighted by atomic mass is 9.99. The van der Waals surface area contributed by atoms with E-state index >= 15 is 0 Å². The maximum absolute atomic E-state index is 11.1. The van der Waals surface area contributed by atoms with E-state index in [2.05, 4.69) is 4.98 Å². The molecule has 0 aliphatic heterocycles. The van der Waals surface area contributed by atoms with Crippen molar-refractivity contribution < 1.29 is 9.72 Å². The highest BCUT2D eigenvalue weighted by atomic mass is 16.6. The topological polar surface area (TPSA) is 73.1 Å². The predicted molar refractivity (Wildman–Crippen MR) is 54.7 cm³/mol. The van der Waals surface area contributed by atoms with Crippen LogP contribution >= 0.6 is 0 Å². The number of carbonyl (C=O) groups is 1. The van der Waals surface area contributed by atoms with Crippen molar-refractivity contribution in [2.75, 3.05) is 0 Å². The Bertz CT molecular complexity index is 415. The maximum atomic E-state index is 11.1. The molecule has 80 valence electrons. The van der Waals surface area contributed by atoms with Crippen molar-refractivity contribution >= 4 is 11.5 Å². The number of carbonyl (C=O) groups excluding carboxylic acids is 1. The van der Waals surface area contributed by atoms with E-state index in [9.17, 15) is 14.9 Å². The van der Waals surface area contributed by atoms with Gasteiger partial charge in [-0.25, -0.2) is 0 Å². The van der Waals surface area contributed by atoms with Gasteiger partial charge in [-0.2, -0.15) is 0 Å². The Hall–Kier alpha value is -1.78. The molecule has 1 aromatic heterocycles. The Balaban J connectivity index is 3.13. The van der Waals surface area contributed by atoms with Crippen molar-refractivity contribution in [1.29, 1.82) is 0 Å². The molecular formula is C10H12N2O3. The minimum Gasteiger partial charge on any atom is -0.299 e. The number of aromatic nitrogens is 1. The minimum absolute atomic E-state index is 0.000506. The number of Topliss-reactive ketones (excluding diaryl/α,β-unsaturated/α-hetero) is 1. The first-order valence-corrected chi connectivity index (χ1v) is 4.55. The highest BCUT2D eigenvalue weighted by Crippen LogP contribution is 2.21. The van der Waals surface area contributed by atoms with Crippen LogP contribution in [0.25, 0.3) is 0 Å². The van der Waals surface area contributed by atoms with Crippen LogP contribution in [0, 0.1) is 17.0 Å². The molecule has 15 heavy (non-hydrogen) atoms. The molecule has 0 radical (unpaired) electrons. The third-order valence-electron chi connectivity index (χ3n) is 2.34. The second-order valence-corrected chi connectivity index (χ2v) is 3.49. The highest BCUT2D eigenvalue weighted by Gasteiger charge is 2.17. The lowest BCUT2D eigenvalue weighted by Gasteiger charge is -2.09. The minimum atomic E-state index is -0.498. The number of hydrogen-bond acceptors (Lipinski definition) is 4. The van der Waals surface area contributed by atoms with Crippen LogP contribution < -0.4 is 0 Å². The quantitative estimate of drug-likeness (QED) is 0.562. The van der Waals surface area contributed by atoms with Gasteiger partial charge in [-0.1, -0.05) is 0 Å². The van der Waals surface area contributed by atoms with Gasteiger partial charge in [0, 0.05) is 6.07 Å². The van der Waals surface area contributed by atoms with E-state index in [1.165, 1.54) is 19.2 Å². The summed E-state index contributed by atoms with van der Waals surface area (Å²) in [5.41, 5.74) is 1.23. The molecule has 0 aliphatic carbocycles. The third kappa shape index (κ3) is 2.37. The van der Waals surface area contributed by atoms with Crippen LogP contribution in [0.2, 0.25) is 0 Å². The molecule has 1 rings (SSSR count). The summed E-state index contributed by atoms with van der Waals surface area (Å²) in [4.78, 5) is 25.1. The van der Waals surface area contributed by atoms with Crippen LogP contribution in [-0.4, -0.2) is 15.7 Å². The Morgan fingerprint density at radius 1 is 1.60 bits per heavy atom. The van der Waals surface area contributed by atoms with Crippen LogP contribution in [0.15, 0.2) is 12.3 Å². The zero-order chi connectivity index (χ0) is 11.6. The second-order valence-electron chi connectivity index (χ2n) is 3.49. The summed E-state index contributed by atoms with van der Waals surface area (Å²) in [5, 5.41) is 10.5. The molecule has 0 saturated carbocycles. The van der Waals surface area contributed by atoms with Crippen molar-refractivity contribution in [3.63, 3.8) is 0 Å². The SMILES string of the molecule is CC(=O)C(C)c1ncc([N+](=O)[O-])cc1C. The zero-order valence-corrected chi connectivity index (χ0v) is 8.85. The van der Waals surface area contributed by atoms with Gasteiger partial charge in [0.1, 0.15) is 12.0 Å². The number of ketones is 1. The summed E-state index contributed by atoms with van der Waals surface area (Å²) in [6, 6.07) is 1.43. The molecule has 0 saturated heterocycles. The maximum Gasteiger partial charge on any atom is 0.287 e. The summed E-state index contributed by atoms with van der Waals surface area (Å²) in [7, 11) is 0. The fourth-order valence-electron chi connectivity index (χ4n) is 1.32. The van der Waals surface area contributed by atoms with E-state index in [0.29, 0.717) is 11.3 Å². The first-order valence-electron chi connectivity index (χ1n) is 4.55. The molecule has 1 aromatic rings. The zero-order valence-electron chi connectivity index (χ0n) is 8.85. The third-order valence-corrected chi connectivity index (χ3v) is 2.34. The molecule has 0 amide bonds. The average molecular weight is 208 g/mol. The fraction of sp³-hybridized carbons (Fsp3) is 0.400. The summed E-state index contributed by atoms with van der Waals surface area (Å²) in [6.07, 6.45) is 1.18. The summed E-state index contributed by atoms with van der Waals surface area (Å²) in [5.74, 6) is -0.315. The van der Waals surface area contributed by atoms with Crippen LogP contribution in [0.4, 0.5) is 5.69 Å². The summed E-state index contributed by atoms with van der Waals surface area (Å²) in [6.45, 7) is 4.94. The largest absolute Gasteiger partial charge is 0.299 e. The first kappa shape index (κ1) is 11.3. The Morgan fingerprint density at radius 2 is 2.20 bits per heavy atom. The lowest BCUT2D eigenvalue weighted by Crippen LogP contribution is -2.08. The average Bonchev–Trinajstić information content (AvgIpc) is 2.16. The summed E-state index contributed by atoms with van der Waals surface area (Å²) < 4.78 is 0. The monoisotopic (exact) mass is 208 g/mol. The number of nitro groups is 1. The molecule has 0 spiro atoms. The van der Waals surface area contributed by atoms with Crippen molar-refractivity contribution in [1.82, 2.24) is 4.98 Å². The Morgan fingerprint density at radius 3 is 2.60 bits per heavy atom. The van der Waals surface area contributed by atoms with Gasteiger partial charge in [0.15, 0.2) is 0 Å². The smallest absolute Gasteiger partial charge is 0.287 e. The molecule has 5 heteroatoms. The number of nitrogens with zero attached hydrogens (tertiary/aromatic N) is 2. The van der Waals surface area contributed by atoms with Crippen molar-refractivity contribution in [2.24, 2.45) is 0 Å². The van der Waals surface area contributed by atoms with Gasteiger partial charge in [0.05, 0.1) is 16.5 Å². The molecule has 0 fully saturated rings. The number of aryl methyl sites for hydroxylation is 1. The predicted octanol–water partition coefficient (Wildman–Crippen LogP) is 1.99. The van der Waals surface area contributed by atoms with Gasteiger partial charge in [-0.05, 0) is 26.3 Å². The summed E-state index contributed by atoms with van der Waals surface area (Å²) >= 11 is 0. The van der Waals surface area contributed by atoms with E-state index in [1.807, 2.05) is 0 Å². The van der Waals surface area contributed by atoms with Crippen molar-refractivity contribution in [2.45, 2.75) is 26.7 Å². The molecule has 0 aliphatic rings. The number of pyridine rings is 1. The van der Waals surface area contributed by atoms with E-state index in [-0.39, 0.29) is 17.4 Å². The van der Waals surface area contributed by atoms with Crippen molar-refractivity contribution in [3.8, 4) is 0 Å². The van der Waals surface area contributed by atoms with E-state index in [1.54, 1.807) is 13.8 Å². The molecule has 1 unspecified atom stereocenters. The molecular weight excluding hydrogens is 196 g/mol. The molecule has 0 aromatic carbocycles. The van der Waals surface area contributed by atoms with Gasteiger partial charge in [-0.3, -0.25) is 19.9 Å². The van der Waals surface area contributed by atoms with Crippen molar-refractivity contribution in [3.05, 3.63) is 33.6 Å². The van der Waals surface area contributed by atoms with Crippen LogP contribution in [0.3, 0.4) is 0 Å². The lowest BCUT2D eigenvalue weighted by molar-refractivity contribution is -0.385. The van der Waals surface area contributed by atoms with Crippen LogP contribution in [-0.2, 0) is 4.79 Å². The standard InChI is InChI=1S/C10H12N2O3/c1-6-4-9(12(14)15)5-11-10(6)7(2)8(3)13/h4-5,7H,1-3H3. The molecule has 0 N–H and O–H groups in total. The first-order chi connectivity index (χ1) is 6.93. The van der Waals surface area contributed by atoms with Gasteiger partial charge >= 0.3 is 0 Å². The van der Waals surface area contributed by atoms with Gasteiger partial charge in [0.2, 0.25) is 0 Å². The molecule has 5 nitrogen and oxygen atoms in total. The normalized spacial score (nSPS) is 12.2. The van der Waals surface area contributed by atoms with E-state index in [0.717, 1.165) is 0 Å². The fourth-order valence-corrected chi connectivity index (χ4v) is 1.32. The van der Waals surface area contributed by atoms with Crippen LogP contribution in [0.5, 0.6) is 0 Å².